The highest BCUT2D eigenvalue weighted by Crippen LogP contribution is 2.28. The van der Waals surface area contributed by atoms with Gasteiger partial charge in [-0.25, -0.2) is 0 Å². The second-order valence-electron chi connectivity index (χ2n) is 4.27. The number of anilines is 3. The van der Waals surface area contributed by atoms with Crippen molar-refractivity contribution in [3.63, 3.8) is 0 Å². The molecular weight excluding hydrogens is 304 g/mol. The van der Waals surface area contributed by atoms with Crippen LogP contribution in [0.5, 0.6) is 5.75 Å². The summed E-state index contributed by atoms with van der Waals surface area (Å²) < 4.78 is 6.59. The quantitative estimate of drug-likeness (QED) is 0.816. The molecular formula is C15H17BrN2O. The average Bonchev–Trinajstić information content (AvgIpc) is 2.38. The van der Waals surface area contributed by atoms with Crippen LogP contribution in [0.4, 0.5) is 17.1 Å². The van der Waals surface area contributed by atoms with Crippen LogP contribution in [0.2, 0.25) is 0 Å². The Bertz CT molecular complexity index is 584. The molecule has 100 valence electrons. The summed E-state index contributed by atoms with van der Waals surface area (Å²) in [6.07, 6.45) is 0. The topological polar surface area (TPSA) is 47.3 Å². The van der Waals surface area contributed by atoms with E-state index in [1.54, 1.807) is 0 Å². The molecule has 0 aliphatic carbocycles. The molecule has 19 heavy (non-hydrogen) atoms. The maximum absolute atomic E-state index is 5.85. The lowest BCUT2D eigenvalue weighted by molar-refractivity contribution is 0.342. The predicted octanol–water partition coefficient (Wildman–Crippen LogP) is 4.48. The van der Waals surface area contributed by atoms with E-state index >= 15 is 0 Å². The molecule has 3 nitrogen and oxygen atoms in total. The van der Waals surface area contributed by atoms with Crippen molar-refractivity contribution >= 4 is 33.0 Å². The molecule has 0 unspecified atom stereocenters. The third-order valence-corrected chi connectivity index (χ3v) is 3.65. The van der Waals surface area contributed by atoms with Crippen LogP contribution < -0.4 is 15.8 Å². The highest BCUT2D eigenvalue weighted by Gasteiger charge is 2.03. The second kappa shape index (κ2) is 5.97. The molecule has 0 spiro atoms. The van der Waals surface area contributed by atoms with Crippen LogP contribution in [0, 0.1) is 6.92 Å². The Labute approximate surface area is 121 Å². The second-order valence-corrected chi connectivity index (χ2v) is 5.13. The van der Waals surface area contributed by atoms with E-state index in [2.05, 4.69) is 34.2 Å². The fourth-order valence-corrected chi connectivity index (χ4v) is 2.03. The molecule has 0 saturated carbocycles. The monoisotopic (exact) mass is 320 g/mol. The van der Waals surface area contributed by atoms with Gasteiger partial charge in [-0.2, -0.15) is 0 Å². The van der Waals surface area contributed by atoms with E-state index in [4.69, 9.17) is 10.5 Å². The van der Waals surface area contributed by atoms with Crippen molar-refractivity contribution in [1.82, 2.24) is 0 Å². The minimum atomic E-state index is 0.602. The third kappa shape index (κ3) is 3.41. The standard InChI is InChI=1S/C15H17BrN2O/c1-3-19-15-9-12(5-7-14(15)17)18-11-4-6-13(16)10(2)8-11/h4-9,18H,3,17H2,1-2H3. The number of aryl methyl sites for hydroxylation is 1. The lowest BCUT2D eigenvalue weighted by Gasteiger charge is -2.12. The van der Waals surface area contributed by atoms with Gasteiger partial charge in [-0.1, -0.05) is 15.9 Å². The SMILES string of the molecule is CCOc1cc(Nc2ccc(Br)c(C)c2)ccc1N. The number of halogens is 1. The average molecular weight is 321 g/mol. The van der Waals surface area contributed by atoms with E-state index in [9.17, 15) is 0 Å². The zero-order chi connectivity index (χ0) is 13.8. The van der Waals surface area contributed by atoms with Crippen LogP contribution in [0.1, 0.15) is 12.5 Å². The zero-order valence-corrected chi connectivity index (χ0v) is 12.6. The van der Waals surface area contributed by atoms with Gasteiger partial charge in [-0.15, -0.1) is 0 Å². The van der Waals surface area contributed by atoms with E-state index in [-0.39, 0.29) is 0 Å². The molecule has 0 bridgehead atoms. The van der Waals surface area contributed by atoms with Crippen LogP contribution in [0.25, 0.3) is 0 Å². The van der Waals surface area contributed by atoms with Crippen molar-refractivity contribution in [2.45, 2.75) is 13.8 Å². The molecule has 2 aromatic carbocycles. The molecule has 0 atom stereocenters. The Morgan fingerprint density at radius 3 is 2.53 bits per heavy atom. The minimum absolute atomic E-state index is 0.602. The molecule has 0 aliphatic rings. The van der Waals surface area contributed by atoms with E-state index in [0.29, 0.717) is 18.0 Å². The molecule has 0 saturated heterocycles. The van der Waals surface area contributed by atoms with Crippen molar-refractivity contribution in [2.75, 3.05) is 17.7 Å². The van der Waals surface area contributed by atoms with Gasteiger partial charge in [0.2, 0.25) is 0 Å². The fourth-order valence-electron chi connectivity index (χ4n) is 1.78. The predicted molar refractivity (Wildman–Crippen MR) is 84.2 cm³/mol. The number of nitrogens with two attached hydrogens (primary N) is 1. The summed E-state index contributed by atoms with van der Waals surface area (Å²) in [5.74, 6) is 0.710. The molecule has 0 radical (unpaired) electrons. The van der Waals surface area contributed by atoms with Gasteiger partial charge in [0.15, 0.2) is 0 Å². The Balaban J connectivity index is 2.22. The highest BCUT2D eigenvalue weighted by molar-refractivity contribution is 9.10. The molecule has 2 aromatic rings. The minimum Gasteiger partial charge on any atom is -0.492 e. The van der Waals surface area contributed by atoms with Gasteiger partial charge in [-0.05, 0) is 49.7 Å². The van der Waals surface area contributed by atoms with Gasteiger partial charge in [0.1, 0.15) is 5.75 Å². The van der Waals surface area contributed by atoms with Crippen molar-refractivity contribution in [3.8, 4) is 5.75 Å². The number of nitrogen functional groups attached to an aromatic ring is 1. The lowest BCUT2D eigenvalue weighted by Crippen LogP contribution is -1.98. The van der Waals surface area contributed by atoms with Crippen LogP contribution in [-0.2, 0) is 0 Å². The Kier molecular flexibility index (Phi) is 4.32. The molecule has 0 amide bonds. The van der Waals surface area contributed by atoms with E-state index in [1.165, 1.54) is 5.56 Å². The van der Waals surface area contributed by atoms with Crippen LogP contribution in [0.3, 0.4) is 0 Å². The highest BCUT2D eigenvalue weighted by atomic mass is 79.9. The summed E-state index contributed by atoms with van der Waals surface area (Å²) in [6, 6.07) is 11.8. The number of hydrogen-bond donors (Lipinski definition) is 2. The zero-order valence-electron chi connectivity index (χ0n) is 11.0. The third-order valence-electron chi connectivity index (χ3n) is 2.76. The summed E-state index contributed by atoms with van der Waals surface area (Å²) >= 11 is 3.49. The number of benzene rings is 2. The van der Waals surface area contributed by atoms with E-state index < -0.39 is 0 Å². The number of hydrogen-bond acceptors (Lipinski definition) is 3. The molecule has 0 heterocycles. The smallest absolute Gasteiger partial charge is 0.144 e. The van der Waals surface area contributed by atoms with E-state index in [1.807, 2.05) is 37.3 Å². The summed E-state index contributed by atoms with van der Waals surface area (Å²) in [4.78, 5) is 0. The molecule has 3 N–H and O–H groups in total. The van der Waals surface area contributed by atoms with Crippen molar-refractivity contribution in [2.24, 2.45) is 0 Å². The largest absolute Gasteiger partial charge is 0.492 e. The van der Waals surface area contributed by atoms with Gasteiger partial charge >= 0.3 is 0 Å². The maximum Gasteiger partial charge on any atom is 0.144 e. The normalized spacial score (nSPS) is 10.3. The van der Waals surface area contributed by atoms with Crippen LogP contribution in [-0.4, -0.2) is 6.61 Å². The van der Waals surface area contributed by atoms with Crippen molar-refractivity contribution < 1.29 is 4.74 Å². The van der Waals surface area contributed by atoms with Crippen molar-refractivity contribution in [1.29, 1.82) is 0 Å². The van der Waals surface area contributed by atoms with Gasteiger partial charge in [0.25, 0.3) is 0 Å². The number of ether oxygens (including phenoxy) is 1. The first-order valence-corrected chi connectivity index (χ1v) is 6.95. The first kappa shape index (κ1) is 13.7. The maximum atomic E-state index is 5.85. The van der Waals surface area contributed by atoms with Gasteiger partial charge in [-0.3, -0.25) is 0 Å². The van der Waals surface area contributed by atoms with Crippen LogP contribution >= 0.6 is 15.9 Å². The summed E-state index contributed by atoms with van der Waals surface area (Å²) in [5.41, 5.74) is 9.68. The first-order chi connectivity index (χ1) is 9.10. The summed E-state index contributed by atoms with van der Waals surface area (Å²) in [6.45, 7) is 4.60. The lowest BCUT2D eigenvalue weighted by atomic mass is 10.2. The first-order valence-electron chi connectivity index (χ1n) is 6.15. The number of rotatable bonds is 4. The van der Waals surface area contributed by atoms with Gasteiger partial charge in [0.05, 0.1) is 12.3 Å². The Hall–Kier alpha value is -1.68. The molecule has 0 aliphatic heterocycles. The van der Waals surface area contributed by atoms with Gasteiger partial charge < -0.3 is 15.8 Å². The Morgan fingerprint density at radius 2 is 1.84 bits per heavy atom. The number of nitrogens with one attached hydrogen (secondary N) is 1. The molecule has 0 aromatic heterocycles. The van der Waals surface area contributed by atoms with E-state index in [0.717, 1.165) is 15.8 Å². The fraction of sp³-hybridized carbons (Fsp3) is 0.200. The molecule has 2 rings (SSSR count). The molecule has 0 fully saturated rings. The van der Waals surface area contributed by atoms with Crippen molar-refractivity contribution in [3.05, 3.63) is 46.4 Å². The van der Waals surface area contributed by atoms with Crippen LogP contribution in [0.15, 0.2) is 40.9 Å². The van der Waals surface area contributed by atoms with Gasteiger partial charge in [0, 0.05) is 21.9 Å². The summed E-state index contributed by atoms with van der Waals surface area (Å²) in [7, 11) is 0. The summed E-state index contributed by atoms with van der Waals surface area (Å²) in [5, 5.41) is 3.34. The molecule has 4 heteroatoms. The Morgan fingerprint density at radius 1 is 1.16 bits per heavy atom.